The van der Waals surface area contributed by atoms with Crippen molar-refractivity contribution in [3.8, 4) is 0 Å². The molecule has 0 aromatic heterocycles. The summed E-state index contributed by atoms with van der Waals surface area (Å²) in [5.41, 5.74) is 0. The van der Waals surface area contributed by atoms with Crippen LogP contribution in [-0.4, -0.2) is 69.8 Å². The summed E-state index contributed by atoms with van der Waals surface area (Å²) in [6.07, 6.45) is 0. The average molecular weight is 490 g/mol. The number of rotatable bonds is 6. The molecule has 0 spiro atoms. The Morgan fingerprint density at radius 3 is 1.29 bits per heavy atom. The van der Waals surface area contributed by atoms with Gasteiger partial charge < -0.3 is 18.9 Å². The molecule has 1 heterocycles. The first-order valence-corrected chi connectivity index (χ1v) is 10.9. The van der Waals surface area contributed by atoms with E-state index in [1.54, 1.807) is 41.5 Å². The molecule has 0 radical (unpaired) electrons. The number of carbonyl (C=O) groups is 6. The molecule has 6 atom stereocenters. The third kappa shape index (κ3) is 11.5. The third-order valence-electron chi connectivity index (χ3n) is 5.98. The monoisotopic (exact) mass is 489 g/mol. The predicted octanol–water partition coefficient (Wildman–Crippen LogP) is 2.05. The van der Waals surface area contributed by atoms with Gasteiger partial charge in [-0.1, -0.05) is 41.5 Å². The molecule has 10 heteroatoms. The van der Waals surface area contributed by atoms with Crippen LogP contribution in [0.15, 0.2) is 0 Å². The fourth-order valence-corrected chi connectivity index (χ4v) is 2.52. The van der Waals surface area contributed by atoms with Gasteiger partial charge >= 0.3 is 17.9 Å². The molecular formula is C24H40O10. The largest absolute Gasteiger partial charge is 0.469 e. The molecule has 1 saturated heterocycles. The Labute approximate surface area is 203 Å². The van der Waals surface area contributed by atoms with Crippen LogP contribution in [-0.2, 0) is 47.7 Å². The Morgan fingerprint density at radius 1 is 0.735 bits per heavy atom. The lowest BCUT2D eigenvalue weighted by atomic mass is 9.90. The van der Waals surface area contributed by atoms with Crippen molar-refractivity contribution in [2.24, 2.45) is 35.5 Å². The molecule has 1 rings (SSSR count). The number of methoxy groups -OCH3 is 3. The lowest BCUT2D eigenvalue weighted by molar-refractivity contribution is -0.156. The molecule has 0 aromatic carbocycles. The van der Waals surface area contributed by atoms with Gasteiger partial charge in [-0.05, 0) is 6.90 Å². The normalized spacial score (nSPS) is 21.4. The number of esters is 3. The van der Waals surface area contributed by atoms with E-state index in [1.807, 2.05) is 0 Å². The summed E-state index contributed by atoms with van der Waals surface area (Å²) in [6, 6.07) is 0. The predicted molar refractivity (Wildman–Crippen MR) is 123 cm³/mol. The summed E-state index contributed by atoms with van der Waals surface area (Å²) < 4.78 is 25.1. The van der Waals surface area contributed by atoms with Crippen molar-refractivity contribution in [3.05, 3.63) is 0 Å². The van der Waals surface area contributed by atoms with Crippen LogP contribution in [0, 0.1) is 35.5 Å². The highest BCUT2D eigenvalue weighted by Gasteiger charge is 2.29. The van der Waals surface area contributed by atoms with Gasteiger partial charge in [-0.25, -0.2) is 0 Å². The number of ketones is 3. The van der Waals surface area contributed by atoms with Crippen molar-refractivity contribution >= 4 is 35.3 Å². The Kier molecular flexibility index (Phi) is 15.6. The summed E-state index contributed by atoms with van der Waals surface area (Å²) in [4.78, 5) is 66.0. The standard InChI is InChI=1S/C8H14O4.C8H12O3.C8H14O3/c1-5(7(9)11-3)6(2)8(10)12-4;1-5-6(2)8(10)4-11-3-7(5)9;1-5(7(3)9)6(2)8(10)11-4/h5-6H,1-4H3;5-6H,3-4H2,1-2H3;5-6H,1-4H3/i;;3D. The molecule has 196 valence electrons. The van der Waals surface area contributed by atoms with Gasteiger partial charge in [0.05, 0.1) is 39.1 Å². The Hall–Kier alpha value is -2.62. The van der Waals surface area contributed by atoms with E-state index < -0.39 is 41.6 Å². The van der Waals surface area contributed by atoms with Gasteiger partial charge in [-0.2, -0.15) is 0 Å². The van der Waals surface area contributed by atoms with Crippen molar-refractivity contribution < 1.29 is 49.1 Å². The van der Waals surface area contributed by atoms with Gasteiger partial charge in [0.1, 0.15) is 19.0 Å². The van der Waals surface area contributed by atoms with E-state index in [1.165, 1.54) is 21.3 Å². The number of carbonyl (C=O) groups excluding carboxylic acids is 6. The maximum atomic E-state index is 11.1. The van der Waals surface area contributed by atoms with Crippen LogP contribution in [0.2, 0.25) is 0 Å². The molecule has 1 aliphatic rings. The number of Topliss-reactive ketones (excluding diaryl/α,β-unsaturated/α-hetero) is 3. The van der Waals surface area contributed by atoms with E-state index in [9.17, 15) is 28.8 Å². The maximum Gasteiger partial charge on any atom is 0.309 e. The highest BCUT2D eigenvalue weighted by atomic mass is 16.5. The SMILES string of the molecule is CC1C(=O)COCC(=O)C1C.COC(=O)C(C)C(C)C(=O)OC.[2H]CC(=O)C(C)C(C)C(=O)OC. The second-order valence-corrected chi connectivity index (χ2v) is 8.19. The van der Waals surface area contributed by atoms with Gasteiger partial charge in [-0.3, -0.25) is 28.8 Å². The minimum atomic E-state index is -0.456. The first kappa shape index (κ1) is 31.4. The quantitative estimate of drug-likeness (QED) is 0.402. The smallest absolute Gasteiger partial charge is 0.309 e. The zero-order valence-corrected chi connectivity index (χ0v) is 21.7. The minimum Gasteiger partial charge on any atom is -0.469 e. The summed E-state index contributed by atoms with van der Waals surface area (Å²) in [5, 5.41) is 0. The number of ether oxygens (including phenoxy) is 4. The second kappa shape index (κ2) is 16.9. The van der Waals surface area contributed by atoms with Crippen LogP contribution in [0.5, 0.6) is 0 Å². The van der Waals surface area contributed by atoms with E-state index in [4.69, 9.17) is 6.11 Å². The molecule has 10 nitrogen and oxygen atoms in total. The van der Waals surface area contributed by atoms with Crippen molar-refractivity contribution in [1.82, 2.24) is 0 Å². The summed E-state index contributed by atoms with van der Waals surface area (Å²) >= 11 is 0. The molecule has 0 bridgehead atoms. The molecule has 34 heavy (non-hydrogen) atoms. The van der Waals surface area contributed by atoms with Gasteiger partial charge in [0.2, 0.25) is 0 Å². The fraction of sp³-hybridized carbons (Fsp3) is 0.750. The lowest BCUT2D eigenvalue weighted by Gasteiger charge is -2.14. The van der Waals surface area contributed by atoms with Gasteiger partial charge in [0.15, 0.2) is 11.6 Å². The maximum absolute atomic E-state index is 11.1. The molecule has 1 fully saturated rings. The Morgan fingerprint density at radius 2 is 1.03 bits per heavy atom. The van der Waals surface area contributed by atoms with Gasteiger partial charge in [-0.15, -0.1) is 0 Å². The van der Waals surface area contributed by atoms with Gasteiger partial charge in [0, 0.05) is 19.1 Å². The minimum absolute atomic E-state index is 0.0309. The van der Waals surface area contributed by atoms with Crippen LogP contribution in [0.1, 0.15) is 49.8 Å². The zero-order valence-electron chi connectivity index (χ0n) is 22.7. The number of hydrogen-bond acceptors (Lipinski definition) is 10. The van der Waals surface area contributed by atoms with Gasteiger partial charge in [0.25, 0.3) is 0 Å². The molecule has 0 N–H and O–H groups in total. The molecule has 0 amide bonds. The molecule has 0 aromatic rings. The van der Waals surface area contributed by atoms with Crippen LogP contribution in [0.25, 0.3) is 0 Å². The highest BCUT2D eigenvalue weighted by Crippen LogP contribution is 2.16. The van der Waals surface area contributed by atoms with Crippen LogP contribution < -0.4 is 0 Å². The molecule has 1 aliphatic heterocycles. The molecule has 0 aliphatic carbocycles. The Balaban J connectivity index is 0. The molecule has 6 unspecified atom stereocenters. The molecule has 0 saturated carbocycles. The van der Waals surface area contributed by atoms with E-state index in [2.05, 4.69) is 14.2 Å². The fourth-order valence-electron chi connectivity index (χ4n) is 2.52. The van der Waals surface area contributed by atoms with E-state index in [0.717, 1.165) is 0 Å². The zero-order chi connectivity index (χ0) is 27.9. The second-order valence-electron chi connectivity index (χ2n) is 8.19. The van der Waals surface area contributed by atoms with Crippen LogP contribution in [0.4, 0.5) is 0 Å². The summed E-state index contributed by atoms with van der Waals surface area (Å²) in [7, 11) is 3.88. The van der Waals surface area contributed by atoms with Crippen molar-refractivity contribution in [2.75, 3.05) is 34.5 Å². The molecular weight excluding hydrogens is 448 g/mol. The van der Waals surface area contributed by atoms with E-state index >= 15 is 0 Å². The topological polar surface area (TPSA) is 139 Å². The third-order valence-corrected chi connectivity index (χ3v) is 5.98. The number of hydrogen-bond donors (Lipinski definition) is 0. The Bertz CT molecular complexity index is 636. The average Bonchev–Trinajstić information content (AvgIpc) is 2.98. The van der Waals surface area contributed by atoms with Crippen molar-refractivity contribution in [3.63, 3.8) is 0 Å². The summed E-state index contributed by atoms with van der Waals surface area (Å²) in [5.74, 6) is -3.49. The van der Waals surface area contributed by atoms with E-state index in [-0.39, 0.29) is 49.3 Å². The van der Waals surface area contributed by atoms with Crippen molar-refractivity contribution in [2.45, 2.75) is 48.4 Å². The van der Waals surface area contributed by atoms with E-state index in [0.29, 0.717) is 0 Å². The summed E-state index contributed by atoms with van der Waals surface area (Å²) in [6.45, 7) is 10.00. The van der Waals surface area contributed by atoms with Crippen LogP contribution in [0.3, 0.4) is 0 Å². The highest BCUT2D eigenvalue weighted by molar-refractivity contribution is 5.92. The lowest BCUT2D eigenvalue weighted by Crippen LogP contribution is -2.27. The first-order chi connectivity index (χ1) is 16.2. The van der Waals surface area contributed by atoms with Crippen LogP contribution >= 0.6 is 0 Å². The van der Waals surface area contributed by atoms with Crippen molar-refractivity contribution in [1.29, 1.82) is 0 Å². The first-order valence-electron chi connectivity index (χ1n) is 11.6.